The van der Waals surface area contributed by atoms with E-state index in [1.54, 1.807) is 27.8 Å². The molecule has 32 heavy (non-hydrogen) atoms. The monoisotopic (exact) mass is 474 g/mol. The van der Waals surface area contributed by atoms with Gasteiger partial charge in [0.05, 0.1) is 12.3 Å². The van der Waals surface area contributed by atoms with Crippen molar-refractivity contribution < 1.29 is 37.8 Å². The lowest BCUT2D eigenvalue weighted by Gasteiger charge is -2.31. The van der Waals surface area contributed by atoms with Crippen LogP contribution in [0.25, 0.3) is 0 Å². The van der Waals surface area contributed by atoms with Crippen molar-refractivity contribution in [1.29, 1.82) is 0 Å². The number of ether oxygens (including phenoxy) is 1. The maximum atomic E-state index is 12.5. The Morgan fingerprint density at radius 3 is 2.06 bits per heavy atom. The van der Waals surface area contributed by atoms with Crippen LogP contribution in [-0.4, -0.2) is 85.4 Å². The van der Waals surface area contributed by atoms with E-state index in [9.17, 15) is 27.9 Å². The quantitative estimate of drug-likeness (QED) is 0.460. The molecule has 1 aromatic rings. The molecule has 0 spiro atoms. The highest BCUT2D eigenvalue weighted by atomic mass is 32.2. The Bertz CT molecular complexity index is 835. The number of carbonyl (C=O) groups excluding carboxylic acids is 1. The molecule has 182 valence electrons. The Hall–Kier alpha value is -2.66. The van der Waals surface area contributed by atoms with Crippen molar-refractivity contribution in [2.45, 2.75) is 45.3 Å². The van der Waals surface area contributed by atoms with Crippen LogP contribution in [0.4, 0.5) is 4.79 Å². The SMILES string of the molecule is CC(C)(C)OC(=O)N(CCc1ccccc1)[C@@H](CCS(C)(=O)=O)C(=O)O.CNCC(=O)O. The van der Waals surface area contributed by atoms with E-state index >= 15 is 0 Å². The van der Waals surface area contributed by atoms with E-state index in [0.29, 0.717) is 6.42 Å². The van der Waals surface area contributed by atoms with Crippen LogP contribution in [0.3, 0.4) is 0 Å². The predicted molar refractivity (Wildman–Crippen MR) is 120 cm³/mol. The summed E-state index contributed by atoms with van der Waals surface area (Å²) in [7, 11) is -1.76. The van der Waals surface area contributed by atoms with E-state index in [0.717, 1.165) is 16.7 Å². The second-order valence-corrected chi connectivity index (χ2v) is 10.4. The number of hydrogen-bond acceptors (Lipinski definition) is 7. The minimum Gasteiger partial charge on any atom is -0.480 e. The Morgan fingerprint density at radius 2 is 1.69 bits per heavy atom. The standard InChI is InChI=1S/C18H27NO6S.C3H7NO2/c1-18(2,3)25-17(22)19(12-10-14-8-6-5-7-9-14)15(16(20)21)11-13-26(4,23)24;1-4-2-3(5)6/h5-9,15H,10-13H2,1-4H3,(H,20,21);4H,2H2,1H3,(H,5,6)/t15-;/m0./s1. The first kappa shape index (κ1) is 29.3. The fourth-order valence-electron chi connectivity index (χ4n) is 2.48. The number of sulfone groups is 1. The molecule has 0 aliphatic rings. The van der Waals surface area contributed by atoms with Crippen molar-refractivity contribution in [3.8, 4) is 0 Å². The first-order valence-electron chi connectivity index (χ1n) is 9.96. The van der Waals surface area contributed by atoms with Crippen LogP contribution in [0.2, 0.25) is 0 Å². The Labute approximate surface area is 189 Å². The zero-order valence-electron chi connectivity index (χ0n) is 19.2. The Balaban J connectivity index is 0.00000140. The van der Waals surface area contributed by atoms with Gasteiger partial charge in [-0.3, -0.25) is 9.69 Å². The summed E-state index contributed by atoms with van der Waals surface area (Å²) >= 11 is 0. The van der Waals surface area contributed by atoms with Crippen LogP contribution in [0.1, 0.15) is 32.8 Å². The van der Waals surface area contributed by atoms with Crippen LogP contribution in [0, 0.1) is 0 Å². The molecule has 0 saturated carbocycles. The lowest BCUT2D eigenvalue weighted by atomic mass is 10.1. The molecule has 3 N–H and O–H groups in total. The van der Waals surface area contributed by atoms with Crippen molar-refractivity contribution in [3.05, 3.63) is 35.9 Å². The number of hydrogen-bond donors (Lipinski definition) is 3. The fraction of sp³-hybridized carbons (Fsp3) is 0.571. The van der Waals surface area contributed by atoms with Gasteiger partial charge in [-0.1, -0.05) is 30.3 Å². The highest BCUT2D eigenvalue weighted by Crippen LogP contribution is 2.16. The van der Waals surface area contributed by atoms with Gasteiger partial charge in [-0.2, -0.15) is 0 Å². The largest absolute Gasteiger partial charge is 0.480 e. The Kier molecular flexibility index (Phi) is 12.5. The number of amides is 1. The van der Waals surface area contributed by atoms with Gasteiger partial charge in [-0.25, -0.2) is 18.0 Å². The third kappa shape index (κ3) is 14.4. The van der Waals surface area contributed by atoms with Crippen LogP contribution in [-0.2, 0) is 30.6 Å². The predicted octanol–water partition coefficient (Wildman–Crippen LogP) is 1.64. The van der Waals surface area contributed by atoms with Gasteiger partial charge in [0, 0.05) is 12.8 Å². The van der Waals surface area contributed by atoms with Crippen molar-refractivity contribution >= 4 is 27.9 Å². The summed E-state index contributed by atoms with van der Waals surface area (Å²) in [5, 5.41) is 19.9. The lowest BCUT2D eigenvalue weighted by Crippen LogP contribution is -2.48. The van der Waals surface area contributed by atoms with E-state index in [1.807, 2.05) is 30.3 Å². The van der Waals surface area contributed by atoms with Crippen molar-refractivity contribution in [1.82, 2.24) is 10.2 Å². The van der Waals surface area contributed by atoms with E-state index in [-0.39, 0.29) is 25.3 Å². The molecule has 11 heteroatoms. The minimum atomic E-state index is -3.36. The van der Waals surface area contributed by atoms with Crippen molar-refractivity contribution in [2.75, 3.05) is 32.1 Å². The first-order valence-corrected chi connectivity index (χ1v) is 12.0. The molecule has 0 aliphatic carbocycles. The number of rotatable bonds is 10. The smallest absolute Gasteiger partial charge is 0.411 e. The molecular weight excluding hydrogens is 440 g/mol. The summed E-state index contributed by atoms with van der Waals surface area (Å²) in [4.78, 5) is 34.9. The summed E-state index contributed by atoms with van der Waals surface area (Å²) < 4.78 is 28.2. The number of nitrogens with zero attached hydrogens (tertiary/aromatic N) is 1. The molecule has 1 rings (SSSR count). The molecule has 0 fully saturated rings. The molecular formula is C21H34N2O8S. The first-order chi connectivity index (χ1) is 14.7. The van der Waals surface area contributed by atoms with Gasteiger partial charge in [0.1, 0.15) is 21.5 Å². The maximum Gasteiger partial charge on any atom is 0.411 e. The summed E-state index contributed by atoms with van der Waals surface area (Å²) in [5.74, 6) is -2.40. The second-order valence-electron chi connectivity index (χ2n) is 8.11. The lowest BCUT2D eigenvalue weighted by molar-refractivity contribution is -0.143. The molecule has 0 unspecified atom stereocenters. The number of aliphatic carboxylic acids is 2. The van der Waals surface area contributed by atoms with Gasteiger partial charge in [0.15, 0.2) is 0 Å². The Morgan fingerprint density at radius 1 is 1.12 bits per heavy atom. The highest BCUT2D eigenvalue weighted by Gasteiger charge is 2.33. The van der Waals surface area contributed by atoms with Crippen LogP contribution < -0.4 is 5.32 Å². The molecule has 10 nitrogen and oxygen atoms in total. The number of carbonyl (C=O) groups is 3. The van der Waals surface area contributed by atoms with Crippen LogP contribution in [0.15, 0.2) is 30.3 Å². The average molecular weight is 475 g/mol. The molecule has 0 saturated heterocycles. The minimum absolute atomic E-state index is 0.0417. The molecule has 1 aromatic carbocycles. The average Bonchev–Trinajstić information content (AvgIpc) is 2.63. The maximum absolute atomic E-state index is 12.5. The molecule has 0 aromatic heterocycles. The van der Waals surface area contributed by atoms with Gasteiger partial charge in [0.25, 0.3) is 0 Å². The number of carboxylic acids is 2. The number of likely N-dealkylation sites (N-methyl/N-ethyl adjacent to an activating group) is 1. The number of nitrogens with one attached hydrogen (secondary N) is 1. The third-order valence-corrected chi connectivity index (χ3v) is 4.84. The van der Waals surface area contributed by atoms with E-state index in [1.165, 1.54) is 0 Å². The summed E-state index contributed by atoms with van der Waals surface area (Å²) in [6.45, 7) is 5.21. The topological polar surface area (TPSA) is 150 Å². The molecule has 0 heterocycles. The van der Waals surface area contributed by atoms with Gasteiger partial charge < -0.3 is 20.3 Å². The van der Waals surface area contributed by atoms with Crippen LogP contribution >= 0.6 is 0 Å². The van der Waals surface area contributed by atoms with Gasteiger partial charge in [-0.05, 0) is 46.2 Å². The van der Waals surface area contributed by atoms with Gasteiger partial charge in [-0.15, -0.1) is 0 Å². The highest BCUT2D eigenvalue weighted by molar-refractivity contribution is 7.90. The fourth-order valence-corrected chi connectivity index (χ4v) is 3.13. The number of benzene rings is 1. The van der Waals surface area contributed by atoms with Crippen LogP contribution in [0.5, 0.6) is 0 Å². The van der Waals surface area contributed by atoms with Crippen molar-refractivity contribution in [2.24, 2.45) is 0 Å². The van der Waals surface area contributed by atoms with E-state index in [2.05, 4.69) is 5.32 Å². The summed E-state index contributed by atoms with van der Waals surface area (Å²) in [5.41, 5.74) is 0.149. The summed E-state index contributed by atoms with van der Waals surface area (Å²) in [6, 6.07) is 8.04. The summed E-state index contributed by atoms with van der Waals surface area (Å²) in [6.07, 6.45) is 0.507. The van der Waals surface area contributed by atoms with Gasteiger partial charge in [0.2, 0.25) is 0 Å². The third-order valence-electron chi connectivity index (χ3n) is 3.86. The van der Waals surface area contributed by atoms with E-state index in [4.69, 9.17) is 9.84 Å². The second kappa shape index (κ2) is 13.7. The normalized spacial score (nSPS) is 12.2. The molecule has 0 radical (unpaired) electrons. The number of carboxylic acid groups (broad SMARTS) is 2. The van der Waals surface area contributed by atoms with Crippen molar-refractivity contribution in [3.63, 3.8) is 0 Å². The zero-order chi connectivity index (χ0) is 24.9. The molecule has 1 amide bonds. The van der Waals surface area contributed by atoms with E-state index < -0.39 is 39.5 Å². The molecule has 0 aliphatic heterocycles. The molecule has 0 bridgehead atoms. The zero-order valence-corrected chi connectivity index (χ0v) is 20.0. The molecule has 1 atom stereocenters. The van der Waals surface area contributed by atoms with Gasteiger partial charge >= 0.3 is 18.0 Å².